The molecule has 4 rings (SSSR count). The van der Waals surface area contributed by atoms with E-state index < -0.39 is 5.82 Å². The molecule has 1 aliphatic rings. The van der Waals surface area contributed by atoms with Crippen LogP contribution in [0.2, 0.25) is 5.02 Å². The maximum atomic E-state index is 13.8. The first kappa shape index (κ1) is 18.1. The molecule has 0 aliphatic carbocycles. The molecule has 0 atom stereocenters. The normalized spacial score (nSPS) is 15.3. The second kappa shape index (κ2) is 7.40. The van der Waals surface area contributed by atoms with Crippen molar-refractivity contribution in [3.05, 3.63) is 53.1 Å². The largest absolute Gasteiger partial charge is 0.348 e. The summed E-state index contributed by atoms with van der Waals surface area (Å²) in [5.41, 5.74) is 0.876. The van der Waals surface area contributed by atoms with E-state index in [4.69, 9.17) is 11.6 Å². The first-order valence-corrected chi connectivity index (χ1v) is 9.76. The summed E-state index contributed by atoms with van der Waals surface area (Å²) in [4.78, 5) is 19.0. The number of benzene rings is 2. The predicted octanol–water partition coefficient (Wildman–Crippen LogP) is 5.08. The lowest BCUT2D eigenvalue weighted by Crippen LogP contribution is -2.38. The van der Waals surface area contributed by atoms with Gasteiger partial charge >= 0.3 is 0 Å². The Bertz CT molecular complexity index is 1000. The average molecular weight is 408 g/mol. The molecule has 1 saturated heterocycles. The van der Waals surface area contributed by atoms with E-state index in [0.717, 1.165) is 9.83 Å². The minimum absolute atomic E-state index is 0.0225. The van der Waals surface area contributed by atoms with E-state index in [1.54, 1.807) is 6.07 Å². The van der Waals surface area contributed by atoms with Gasteiger partial charge in [-0.15, -0.1) is 0 Å². The molecular weight excluding hydrogens is 392 g/mol. The quantitative estimate of drug-likeness (QED) is 0.658. The van der Waals surface area contributed by atoms with Crippen LogP contribution in [0.5, 0.6) is 0 Å². The number of para-hydroxylation sites is 1. The molecule has 0 saturated carbocycles. The lowest BCUT2D eigenvalue weighted by molar-refractivity contribution is -0.120. The predicted molar refractivity (Wildman–Crippen MR) is 105 cm³/mol. The number of carbonyl (C=O) groups excluding carboxylic acids is 1. The number of thiazole rings is 1. The zero-order chi connectivity index (χ0) is 19.0. The Balaban J connectivity index is 1.39. The standard InChI is InChI=1S/C19H16ClF2N3OS/c20-13-10-12(4-5-14(13)21)23-18(26)11-6-8-25(9-7-11)19-24-17-15(22)2-1-3-16(17)27-19/h1-5,10-11H,6-9H2,(H,23,26). The number of amides is 1. The molecule has 2 aromatic carbocycles. The van der Waals surface area contributed by atoms with E-state index in [1.165, 1.54) is 35.6 Å². The Kier molecular flexibility index (Phi) is 4.97. The van der Waals surface area contributed by atoms with Crippen molar-refractivity contribution in [3.8, 4) is 0 Å². The smallest absolute Gasteiger partial charge is 0.227 e. The minimum atomic E-state index is -0.518. The lowest BCUT2D eigenvalue weighted by atomic mass is 9.96. The van der Waals surface area contributed by atoms with Crippen molar-refractivity contribution in [2.75, 3.05) is 23.3 Å². The Hall–Kier alpha value is -2.25. The SMILES string of the molecule is O=C(Nc1ccc(F)c(Cl)c1)C1CCN(c2nc3c(F)cccc3s2)CC1. The summed E-state index contributed by atoms with van der Waals surface area (Å²) in [7, 11) is 0. The Morgan fingerprint density at radius 1 is 1.19 bits per heavy atom. The second-order valence-corrected chi connectivity index (χ2v) is 7.88. The van der Waals surface area contributed by atoms with Gasteiger partial charge in [0.25, 0.3) is 0 Å². The number of nitrogens with one attached hydrogen (secondary N) is 1. The molecule has 1 N–H and O–H groups in total. The highest BCUT2D eigenvalue weighted by Gasteiger charge is 2.27. The molecule has 8 heteroatoms. The van der Waals surface area contributed by atoms with E-state index in [1.807, 2.05) is 6.07 Å². The first-order valence-electron chi connectivity index (χ1n) is 8.57. The fourth-order valence-corrected chi connectivity index (χ4v) is 4.40. The summed E-state index contributed by atoms with van der Waals surface area (Å²) in [6.07, 6.45) is 1.33. The summed E-state index contributed by atoms with van der Waals surface area (Å²) >= 11 is 7.21. The van der Waals surface area contributed by atoms with Crippen LogP contribution in [0.15, 0.2) is 36.4 Å². The van der Waals surface area contributed by atoms with Crippen LogP contribution >= 0.6 is 22.9 Å². The van der Waals surface area contributed by atoms with Crippen LogP contribution in [-0.4, -0.2) is 24.0 Å². The number of halogens is 3. The molecule has 27 heavy (non-hydrogen) atoms. The van der Waals surface area contributed by atoms with Gasteiger partial charge < -0.3 is 10.2 Å². The fraction of sp³-hybridized carbons (Fsp3) is 0.263. The van der Waals surface area contributed by atoms with E-state index in [2.05, 4.69) is 15.2 Å². The van der Waals surface area contributed by atoms with Crippen LogP contribution in [0.4, 0.5) is 19.6 Å². The van der Waals surface area contributed by atoms with E-state index in [-0.39, 0.29) is 22.7 Å². The highest BCUT2D eigenvalue weighted by atomic mass is 35.5. The van der Waals surface area contributed by atoms with Crippen molar-refractivity contribution in [3.63, 3.8) is 0 Å². The number of anilines is 2. The molecule has 4 nitrogen and oxygen atoms in total. The molecule has 1 aromatic heterocycles. The van der Waals surface area contributed by atoms with Gasteiger partial charge in [-0.2, -0.15) is 0 Å². The number of carbonyl (C=O) groups is 1. The summed E-state index contributed by atoms with van der Waals surface area (Å²) in [6.45, 7) is 1.34. The van der Waals surface area contributed by atoms with Crippen LogP contribution in [0, 0.1) is 17.6 Å². The van der Waals surface area contributed by atoms with Crippen molar-refractivity contribution in [1.29, 1.82) is 0 Å². The number of aromatic nitrogens is 1. The third-order valence-corrected chi connectivity index (χ3v) is 6.05. The van der Waals surface area contributed by atoms with Gasteiger partial charge in [-0.3, -0.25) is 4.79 Å². The van der Waals surface area contributed by atoms with Crippen LogP contribution in [0.1, 0.15) is 12.8 Å². The molecule has 0 spiro atoms. The number of hydrogen-bond donors (Lipinski definition) is 1. The first-order chi connectivity index (χ1) is 13.0. The summed E-state index contributed by atoms with van der Waals surface area (Å²) < 4.78 is 27.9. The van der Waals surface area contributed by atoms with Gasteiger partial charge in [0.05, 0.1) is 9.72 Å². The van der Waals surface area contributed by atoms with Crippen LogP contribution in [-0.2, 0) is 4.79 Å². The summed E-state index contributed by atoms with van der Waals surface area (Å²) in [6, 6.07) is 9.06. The van der Waals surface area contributed by atoms with Gasteiger partial charge in [-0.1, -0.05) is 29.0 Å². The number of fused-ring (bicyclic) bond motifs is 1. The third kappa shape index (κ3) is 3.75. The van der Waals surface area contributed by atoms with Gasteiger partial charge in [0, 0.05) is 24.7 Å². The van der Waals surface area contributed by atoms with Crippen molar-refractivity contribution >= 4 is 49.9 Å². The van der Waals surface area contributed by atoms with Crippen LogP contribution in [0.25, 0.3) is 10.2 Å². The topological polar surface area (TPSA) is 45.2 Å². The zero-order valence-electron chi connectivity index (χ0n) is 14.2. The Morgan fingerprint density at radius 3 is 2.67 bits per heavy atom. The van der Waals surface area contributed by atoms with E-state index >= 15 is 0 Å². The number of nitrogens with zero attached hydrogens (tertiary/aromatic N) is 2. The molecule has 1 fully saturated rings. The van der Waals surface area contributed by atoms with E-state index in [9.17, 15) is 13.6 Å². The van der Waals surface area contributed by atoms with Gasteiger partial charge in [0.1, 0.15) is 17.2 Å². The van der Waals surface area contributed by atoms with Gasteiger partial charge in [0.15, 0.2) is 5.13 Å². The van der Waals surface area contributed by atoms with Crippen LogP contribution < -0.4 is 10.2 Å². The average Bonchev–Trinajstić information content (AvgIpc) is 3.11. The molecule has 0 bridgehead atoms. The maximum absolute atomic E-state index is 13.8. The lowest BCUT2D eigenvalue weighted by Gasteiger charge is -2.31. The molecular formula is C19H16ClF2N3OS. The molecule has 0 unspecified atom stereocenters. The van der Waals surface area contributed by atoms with Crippen molar-refractivity contribution in [2.24, 2.45) is 5.92 Å². The van der Waals surface area contributed by atoms with Crippen molar-refractivity contribution < 1.29 is 13.6 Å². The zero-order valence-corrected chi connectivity index (χ0v) is 15.8. The van der Waals surface area contributed by atoms with Gasteiger partial charge in [-0.25, -0.2) is 13.8 Å². The van der Waals surface area contributed by atoms with Gasteiger partial charge in [-0.05, 0) is 43.2 Å². The maximum Gasteiger partial charge on any atom is 0.227 e. The molecule has 140 valence electrons. The van der Waals surface area contributed by atoms with Crippen molar-refractivity contribution in [1.82, 2.24) is 4.98 Å². The highest BCUT2D eigenvalue weighted by Crippen LogP contribution is 2.33. The summed E-state index contributed by atoms with van der Waals surface area (Å²) in [5, 5.41) is 3.55. The third-order valence-electron chi connectivity index (χ3n) is 4.68. The van der Waals surface area contributed by atoms with Crippen LogP contribution in [0.3, 0.4) is 0 Å². The van der Waals surface area contributed by atoms with Gasteiger partial charge in [0.2, 0.25) is 5.91 Å². The molecule has 1 amide bonds. The molecule has 1 aliphatic heterocycles. The van der Waals surface area contributed by atoms with Crippen molar-refractivity contribution in [2.45, 2.75) is 12.8 Å². The minimum Gasteiger partial charge on any atom is -0.348 e. The number of piperidine rings is 1. The van der Waals surface area contributed by atoms with E-state index in [0.29, 0.717) is 37.1 Å². The number of hydrogen-bond acceptors (Lipinski definition) is 4. The number of rotatable bonds is 3. The molecule has 0 radical (unpaired) electrons. The second-order valence-electron chi connectivity index (χ2n) is 6.46. The summed E-state index contributed by atoms with van der Waals surface area (Å²) in [5.74, 6) is -1.08. The fourth-order valence-electron chi connectivity index (χ4n) is 3.19. The molecule has 3 aromatic rings. The molecule has 2 heterocycles. The highest BCUT2D eigenvalue weighted by molar-refractivity contribution is 7.22. The Morgan fingerprint density at radius 2 is 1.96 bits per heavy atom. The monoisotopic (exact) mass is 407 g/mol. The Labute approximate surface area is 163 Å².